The second kappa shape index (κ2) is 5.96. The van der Waals surface area contributed by atoms with Gasteiger partial charge in [-0.1, -0.05) is 74.7 Å². The Bertz CT molecular complexity index is 1120. The normalized spacial score (nSPS) is 17.0. The van der Waals surface area contributed by atoms with Gasteiger partial charge in [0.2, 0.25) is 0 Å². The second-order valence-corrected chi connectivity index (χ2v) is 6.20. The third-order valence-corrected chi connectivity index (χ3v) is 3.32. The van der Waals surface area contributed by atoms with Crippen LogP contribution in [0.2, 0.25) is 0 Å². The van der Waals surface area contributed by atoms with E-state index in [2.05, 4.69) is 9.97 Å². The van der Waals surface area contributed by atoms with Crippen molar-refractivity contribution in [2.24, 2.45) is 0 Å². The van der Waals surface area contributed by atoms with E-state index in [-0.39, 0.29) is 52.2 Å². The van der Waals surface area contributed by atoms with Crippen LogP contribution in [-0.4, -0.2) is 9.97 Å². The Labute approximate surface area is 150 Å². The number of rotatable bonds is 2. The molecule has 0 bridgehead atoms. The minimum Gasteiger partial charge on any atom is -0.236 e. The summed E-state index contributed by atoms with van der Waals surface area (Å²) in [7, 11) is 0. The maximum Gasteiger partial charge on any atom is 0.116 e. The van der Waals surface area contributed by atoms with E-state index in [0.717, 1.165) is 6.33 Å². The van der Waals surface area contributed by atoms with Gasteiger partial charge >= 0.3 is 0 Å². The molecule has 0 saturated heterocycles. The van der Waals surface area contributed by atoms with Crippen LogP contribution in [0.1, 0.15) is 44.2 Å². The quantitative estimate of drug-likeness (QED) is 0.632. The van der Waals surface area contributed by atoms with Gasteiger partial charge in [0.25, 0.3) is 0 Å². The van der Waals surface area contributed by atoms with Crippen LogP contribution >= 0.6 is 0 Å². The molecule has 0 unspecified atom stereocenters. The molecule has 0 fully saturated rings. The third-order valence-electron chi connectivity index (χ3n) is 3.32. The smallest absolute Gasteiger partial charge is 0.116 e. The van der Waals surface area contributed by atoms with Gasteiger partial charge in [0.1, 0.15) is 6.33 Å². The van der Waals surface area contributed by atoms with E-state index in [1.54, 1.807) is 0 Å². The van der Waals surface area contributed by atoms with Crippen molar-refractivity contribution < 1.29 is 12.3 Å². The topological polar surface area (TPSA) is 25.8 Å². The van der Waals surface area contributed by atoms with Crippen LogP contribution in [0.5, 0.6) is 0 Å². The van der Waals surface area contributed by atoms with Gasteiger partial charge in [-0.15, -0.1) is 0 Å². The molecule has 0 aliphatic rings. The summed E-state index contributed by atoms with van der Waals surface area (Å²) in [5.41, 5.74) is 0.120. The lowest BCUT2D eigenvalue weighted by Gasteiger charge is -2.25. The van der Waals surface area contributed by atoms with Crippen molar-refractivity contribution in [2.75, 3.05) is 0 Å². The van der Waals surface area contributed by atoms with Gasteiger partial charge in [0, 0.05) is 16.7 Å². The number of hydrogen-bond donors (Lipinski definition) is 0. The van der Waals surface area contributed by atoms with E-state index in [0.29, 0.717) is 5.56 Å². The second-order valence-electron chi connectivity index (χ2n) is 6.20. The van der Waals surface area contributed by atoms with Crippen LogP contribution in [0.15, 0.2) is 60.7 Å². The molecule has 0 atom stereocenters. The fraction of sp³-hybridized carbons (Fsp3) is 0.238. The van der Waals surface area contributed by atoms with Gasteiger partial charge in [-0.05, 0) is 18.4 Å². The van der Waals surface area contributed by atoms with Crippen molar-refractivity contribution >= 4 is 0 Å². The molecule has 3 rings (SSSR count). The van der Waals surface area contributed by atoms with Crippen LogP contribution in [-0.2, 0) is 5.41 Å². The van der Waals surface area contributed by atoms with E-state index < -0.39 is 35.6 Å². The van der Waals surface area contributed by atoms with Gasteiger partial charge in [-0.25, -0.2) is 9.97 Å². The molecule has 116 valence electrons. The highest BCUT2D eigenvalue weighted by Gasteiger charge is 2.25. The maximum atomic E-state index is 8.53. The van der Waals surface area contributed by atoms with Crippen molar-refractivity contribution in [2.45, 2.75) is 33.1 Å². The summed E-state index contributed by atoms with van der Waals surface area (Å²) in [5, 5.41) is 0. The summed E-state index contributed by atoms with van der Waals surface area (Å²) in [5.74, 6) is 0. The fourth-order valence-corrected chi connectivity index (χ4v) is 2.40. The summed E-state index contributed by atoms with van der Waals surface area (Å²) in [4.78, 5) is 8.58. The zero-order valence-corrected chi connectivity index (χ0v) is 13.5. The highest BCUT2D eigenvalue weighted by molar-refractivity contribution is 5.75. The van der Waals surface area contributed by atoms with Crippen LogP contribution in [0.3, 0.4) is 0 Å². The molecule has 0 radical (unpaired) electrons. The Kier molecular flexibility index (Phi) is 2.04. The predicted octanol–water partition coefficient (Wildman–Crippen LogP) is 5.42. The summed E-state index contributed by atoms with van der Waals surface area (Å²) in [6, 6.07) is -3.33. The highest BCUT2D eigenvalue weighted by atomic mass is 14.9. The standard InChI is InChI=1S/C21H22N2/c1-15-9-8-12-17(13-15)20-18(21(2,3)4)19(22-14-23-20)16-10-6-5-7-11-16/h5-14H,1-4H3/i5D,6D,7D,8D,9D,10D,11D,12D,13D. The fourth-order valence-electron chi connectivity index (χ4n) is 2.40. The predicted molar refractivity (Wildman–Crippen MR) is 96.3 cm³/mol. The summed E-state index contributed by atoms with van der Waals surface area (Å²) in [6.45, 7) is 7.01. The first-order valence-electron chi connectivity index (χ1n) is 11.7. The van der Waals surface area contributed by atoms with Crippen molar-refractivity contribution in [1.29, 1.82) is 0 Å². The average molecular weight is 311 g/mol. The molecule has 1 aromatic heterocycles. The van der Waals surface area contributed by atoms with Crippen molar-refractivity contribution in [1.82, 2.24) is 9.97 Å². The average Bonchev–Trinajstić information content (AvgIpc) is 2.73. The molecule has 1 heterocycles. The molecular formula is C21H22N2. The van der Waals surface area contributed by atoms with Crippen LogP contribution in [0.4, 0.5) is 0 Å². The van der Waals surface area contributed by atoms with Gasteiger partial charge < -0.3 is 0 Å². The molecule has 2 heteroatoms. The SMILES string of the molecule is [2H]c1c([2H])c([2H])c(-c2ncnc(-c3c([2H])c([2H])c([2H])c(C)c3[2H])c2C(C)(C)C)c([2H])c1[2H]. The molecule has 3 aromatic rings. The zero-order valence-electron chi connectivity index (χ0n) is 22.5. The molecule has 2 aromatic carbocycles. The largest absolute Gasteiger partial charge is 0.236 e. The molecule has 2 nitrogen and oxygen atoms in total. The first kappa shape index (κ1) is 7.87. The number of aromatic nitrogens is 2. The molecule has 0 aliphatic heterocycles. The molecule has 23 heavy (non-hydrogen) atoms. The Hall–Kier alpha value is -2.48. The lowest BCUT2D eigenvalue weighted by atomic mass is 9.81. The molecule has 0 spiro atoms. The monoisotopic (exact) mass is 311 g/mol. The Morgan fingerprint density at radius 1 is 0.826 bits per heavy atom. The number of benzene rings is 2. The minimum absolute atomic E-state index is 0.0458. The summed E-state index contributed by atoms with van der Waals surface area (Å²) < 4.78 is 73.7. The third kappa shape index (κ3) is 3.16. The van der Waals surface area contributed by atoms with Crippen LogP contribution < -0.4 is 0 Å². The minimum atomic E-state index is -0.719. The Morgan fingerprint density at radius 2 is 1.43 bits per heavy atom. The molecular weight excluding hydrogens is 280 g/mol. The highest BCUT2D eigenvalue weighted by Crippen LogP contribution is 2.37. The van der Waals surface area contributed by atoms with Crippen LogP contribution in [0, 0.1) is 6.92 Å². The first-order chi connectivity index (χ1) is 14.7. The van der Waals surface area contributed by atoms with Gasteiger partial charge in [-0.2, -0.15) is 0 Å². The van der Waals surface area contributed by atoms with E-state index in [1.807, 2.05) is 20.8 Å². The van der Waals surface area contributed by atoms with E-state index >= 15 is 0 Å². The van der Waals surface area contributed by atoms with Crippen molar-refractivity contribution in [3.05, 3.63) is 71.8 Å². The van der Waals surface area contributed by atoms with Crippen LogP contribution in [0.25, 0.3) is 22.5 Å². The number of hydrogen-bond acceptors (Lipinski definition) is 2. The van der Waals surface area contributed by atoms with E-state index in [4.69, 9.17) is 12.3 Å². The van der Waals surface area contributed by atoms with Gasteiger partial charge in [-0.3, -0.25) is 0 Å². The zero-order chi connectivity index (χ0) is 24.3. The summed E-state index contributed by atoms with van der Waals surface area (Å²) >= 11 is 0. The maximum absolute atomic E-state index is 8.53. The summed E-state index contributed by atoms with van der Waals surface area (Å²) in [6.07, 6.45) is 1.16. The Balaban J connectivity index is 2.55. The van der Waals surface area contributed by atoms with Crippen molar-refractivity contribution in [3.63, 3.8) is 0 Å². The van der Waals surface area contributed by atoms with E-state index in [1.165, 1.54) is 6.92 Å². The van der Waals surface area contributed by atoms with E-state index in [9.17, 15) is 0 Å². The lowest BCUT2D eigenvalue weighted by Crippen LogP contribution is -2.16. The van der Waals surface area contributed by atoms with Crippen molar-refractivity contribution in [3.8, 4) is 22.5 Å². The molecule has 0 N–H and O–H groups in total. The first-order valence-corrected chi connectivity index (χ1v) is 7.21. The van der Waals surface area contributed by atoms with Gasteiger partial charge in [0.15, 0.2) is 0 Å². The molecule has 0 aliphatic carbocycles. The lowest BCUT2D eigenvalue weighted by molar-refractivity contribution is 0.588. The Morgan fingerprint density at radius 3 is 2.09 bits per heavy atom. The van der Waals surface area contributed by atoms with Gasteiger partial charge in [0.05, 0.1) is 23.7 Å². The molecule has 0 saturated carbocycles. The number of nitrogens with zero attached hydrogens (tertiary/aromatic N) is 2. The molecule has 0 amide bonds.